The fraction of sp³-hybridized carbons (Fsp3) is 0.333. The number of anilines is 1. The van der Waals surface area contributed by atoms with Crippen LogP contribution in [0.5, 0.6) is 5.75 Å². The Hall–Kier alpha value is -2.44. The van der Waals surface area contributed by atoms with Gasteiger partial charge in [0.05, 0.1) is 13.7 Å². The number of pyridine rings is 1. The Labute approximate surface area is 141 Å². The van der Waals surface area contributed by atoms with Gasteiger partial charge in [-0.3, -0.25) is 14.7 Å². The van der Waals surface area contributed by atoms with E-state index in [2.05, 4.69) is 26.6 Å². The first kappa shape index (κ1) is 16.4. The number of piperazine rings is 1. The molecular weight excluding hydrogens is 304 g/mol. The Morgan fingerprint density at radius 2 is 2.21 bits per heavy atom. The summed E-state index contributed by atoms with van der Waals surface area (Å²) in [6.45, 7) is 2.89. The maximum absolute atomic E-state index is 12.4. The van der Waals surface area contributed by atoms with Crippen LogP contribution < -0.4 is 15.4 Å². The van der Waals surface area contributed by atoms with Crippen LogP contribution in [-0.2, 0) is 4.79 Å². The van der Waals surface area contributed by atoms with Gasteiger partial charge in [0.2, 0.25) is 5.91 Å². The second-order valence-electron chi connectivity index (χ2n) is 5.75. The highest BCUT2D eigenvalue weighted by atomic mass is 16.5. The zero-order valence-corrected chi connectivity index (χ0v) is 13.7. The van der Waals surface area contributed by atoms with Crippen molar-refractivity contribution in [1.82, 2.24) is 15.2 Å². The summed E-state index contributed by atoms with van der Waals surface area (Å²) in [5.74, 6) is 0.753. The summed E-state index contributed by atoms with van der Waals surface area (Å²) in [6, 6.07) is 11.5. The lowest BCUT2D eigenvalue weighted by Gasteiger charge is -2.35. The van der Waals surface area contributed by atoms with E-state index >= 15 is 0 Å². The molecule has 1 atom stereocenters. The summed E-state index contributed by atoms with van der Waals surface area (Å²) in [5.41, 5.74) is 1.90. The number of nitrogens with zero attached hydrogens (tertiary/aromatic N) is 2. The summed E-state index contributed by atoms with van der Waals surface area (Å²) < 4.78 is 5.12. The molecule has 1 fully saturated rings. The Morgan fingerprint density at radius 3 is 2.92 bits per heavy atom. The summed E-state index contributed by atoms with van der Waals surface area (Å²) in [7, 11) is 1.62. The van der Waals surface area contributed by atoms with Crippen molar-refractivity contribution in [2.75, 3.05) is 38.6 Å². The SMILES string of the molecule is COc1ccc(NC(=O)CN2CCNCC2c2cccnc2)cc1. The first-order chi connectivity index (χ1) is 11.8. The predicted octanol–water partition coefficient (Wildman–Crippen LogP) is 1.68. The first-order valence-electron chi connectivity index (χ1n) is 8.05. The third kappa shape index (κ3) is 4.10. The molecule has 126 valence electrons. The van der Waals surface area contributed by atoms with Gasteiger partial charge in [-0.15, -0.1) is 0 Å². The van der Waals surface area contributed by atoms with Gasteiger partial charge in [0.15, 0.2) is 0 Å². The molecule has 2 heterocycles. The minimum absolute atomic E-state index is 0.0176. The average molecular weight is 326 g/mol. The van der Waals surface area contributed by atoms with Crippen molar-refractivity contribution in [2.24, 2.45) is 0 Å². The molecule has 1 aliphatic heterocycles. The van der Waals surface area contributed by atoms with Gasteiger partial charge >= 0.3 is 0 Å². The highest BCUT2D eigenvalue weighted by molar-refractivity contribution is 5.92. The minimum Gasteiger partial charge on any atom is -0.497 e. The number of ether oxygens (including phenoxy) is 1. The van der Waals surface area contributed by atoms with Crippen molar-refractivity contribution in [1.29, 1.82) is 0 Å². The smallest absolute Gasteiger partial charge is 0.238 e. The molecule has 2 aromatic rings. The Bertz CT molecular complexity index is 660. The predicted molar refractivity (Wildman–Crippen MR) is 93.0 cm³/mol. The van der Waals surface area contributed by atoms with Gasteiger partial charge in [-0.2, -0.15) is 0 Å². The molecule has 1 saturated heterocycles. The van der Waals surface area contributed by atoms with E-state index in [4.69, 9.17) is 4.74 Å². The zero-order valence-electron chi connectivity index (χ0n) is 13.7. The second-order valence-corrected chi connectivity index (χ2v) is 5.75. The fourth-order valence-corrected chi connectivity index (χ4v) is 2.90. The highest BCUT2D eigenvalue weighted by Crippen LogP contribution is 2.21. The van der Waals surface area contributed by atoms with Crippen molar-refractivity contribution in [3.63, 3.8) is 0 Å². The molecule has 1 unspecified atom stereocenters. The molecule has 1 aromatic heterocycles. The largest absolute Gasteiger partial charge is 0.497 e. The van der Waals surface area contributed by atoms with E-state index in [1.165, 1.54) is 0 Å². The topological polar surface area (TPSA) is 66.5 Å². The molecule has 6 heteroatoms. The normalized spacial score (nSPS) is 18.1. The monoisotopic (exact) mass is 326 g/mol. The molecule has 1 amide bonds. The molecule has 0 saturated carbocycles. The van der Waals surface area contributed by atoms with Gasteiger partial charge in [-0.05, 0) is 35.9 Å². The van der Waals surface area contributed by atoms with Crippen LogP contribution in [0.25, 0.3) is 0 Å². The lowest BCUT2D eigenvalue weighted by molar-refractivity contribution is -0.118. The first-order valence-corrected chi connectivity index (χ1v) is 8.05. The number of carbonyl (C=O) groups is 1. The maximum atomic E-state index is 12.4. The van der Waals surface area contributed by atoms with Crippen LogP contribution in [0.4, 0.5) is 5.69 Å². The average Bonchev–Trinajstić information content (AvgIpc) is 2.63. The zero-order chi connectivity index (χ0) is 16.8. The standard InChI is InChI=1S/C18H22N4O2/c1-24-16-6-4-15(5-7-16)21-18(23)13-22-10-9-20-12-17(22)14-3-2-8-19-11-14/h2-8,11,17,20H,9-10,12-13H2,1H3,(H,21,23). The van der Waals surface area contributed by atoms with Crippen LogP contribution in [0.1, 0.15) is 11.6 Å². The van der Waals surface area contributed by atoms with Crippen molar-refractivity contribution in [3.05, 3.63) is 54.4 Å². The van der Waals surface area contributed by atoms with Crippen molar-refractivity contribution in [3.8, 4) is 5.75 Å². The van der Waals surface area contributed by atoms with Gasteiger partial charge in [-0.1, -0.05) is 6.07 Å². The van der Waals surface area contributed by atoms with E-state index < -0.39 is 0 Å². The molecule has 24 heavy (non-hydrogen) atoms. The van der Waals surface area contributed by atoms with E-state index in [1.807, 2.05) is 36.5 Å². The van der Waals surface area contributed by atoms with E-state index in [1.54, 1.807) is 13.3 Å². The van der Waals surface area contributed by atoms with Crippen molar-refractivity contribution >= 4 is 11.6 Å². The number of rotatable bonds is 5. The summed E-state index contributed by atoms with van der Waals surface area (Å²) >= 11 is 0. The molecule has 0 aliphatic carbocycles. The molecule has 2 N–H and O–H groups in total. The summed E-state index contributed by atoms with van der Waals surface area (Å²) in [6.07, 6.45) is 3.63. The van der Waals surface area contributed by atoms with Crippen LogP contribution >= 0.6 is 0 Å². The number of aromatic nitrogens is 1. The van der Waals surface area contributed by atoms with Crippen molar-refractivity contribution in [2.45, 2.75) is 6.04 Å². The molecule has 3 rings (SSSR count). The van der Waals surface area contributed by atoms with Crippen LogP contribution in [0.15, 0.2) is 48.8 Å². The Balaban J connectivity index is 1.63. The lowest BCUT2D eigenvalue weighted by Crippen LogP contribution is -2.48. The summed E-state index contributed by atoms with van der Waals surface area (Å²) in [4.78, 5) is 18.8. The Morgan fingerprint density at radius 1 is 1.38 bits per heavy atom. The molecule has 1 aromatic carbocycles. The third-order valence-corrected chi connectivity index (χ3v) is 4.14. The lowest BCUT2D eigenvalue weighted by atomic mass is 10.1. The molecular formula is C18H22N4O2. The number of amides is 1. The molecule has 6 nitrogen and oxygen atoms in total. The van der Waals surface area contributed by atoms with Crippen LogP contribution in [0, 0.1) is 0 Å². The van der Waals surface area contributed by atoms with Crippen LogP contribution in [-0.4, -0.2) is 49.1 Å². The number of nitrogens with one attached hydrogen (secondary N) is 2. The number of benzene rings is 1. The number of methoxy groups -OCH3 is 1. The van der Waals surface area contributed by atoms with Crippen molar-refractivity contribution < 1.29 is 9.53 Å². The van der Waals surface area contributed by atoms with E-state index in [9.17, 15) is 4.79 Å². The van der Waals surface area contributed by atoms with E-state index in [0.29, 0.717) is 6.54 Å². The van der Waals surface area contributed by atoms with Crippen LogP contribution in [0.2, 0.25) is 0 Å². The van der Waals surface area contributed by atoms with E-state index in [-0.39, 0.29) is 11.9 Å². The minimum atomic E-state index is -0.0176. The summed E-state index contributed by atoms with van der Waals surface area (Å²) in [5, 5.41) is 6.32. The number of carbonyl (C=O) groups excluding carboxylic acids is 1. The third-order valence-electron chi connectivity index (χ3n) is 4.14. The molecule has 0 radical (unpaired) electrons. The van der Waals surface area contributed by atoms with Gasteiger partial charge in [0.1, 0.15) is 5.75 Å². The Kier molecular flexibility index (Phi) is 5.40. The van der Waals surface area contributed by atoms with Crippen LogP contribution in [0.3, 0.4) is 0 Å². The molecule has 1 aliphatic rings. The second kappa shape index (κ2) is 7.90. The quantitative estimate of drug-likeness (QED) is 0.875. The highest BCUT2D eigenvalue weighted by Gasteiger charge is 2.25. The maximum Gasteiger partial charge on any atom is 0.238 e. The fourth-order valence-electron chi connectivity index (χ4n) is 2.90. The van der Waals surface area contributed by atoms with Gasteiger partial charge in [-0.25, -0.2) is 0 Å². The number of hydrogen-bond acceptors (Lipinski definition) is 5. The van der Waals surface area contributed by atoms with E-state index in [0.717, 1.165) is 36.6 Å². The van der Waals surface area contributed by atoms with Gasteiger partial charge in [0.25, 0.3) is 0 Å². The number of hydrogen-bond donors (Lipinski definition) is 2. The molecule has 0 spiro atoms. The molecule has 0 bridgehead atoms. The van der Waals surface area contributed by atoms with Gasteiger partial charge < -0.3 is 15.4 Å². The van der Waals surface area contributed by atoms with Gasteiger partial charge in [0, 0.05) is 43.8 Å².